The third-order valence-electron chi connectivity index (χ3n) is 5.26. The fourth-order valence-corrected chi connectivity index (χ4v) is 4.91. The number of piperazine rings is 1. The summed E-state index contributed by atoms with van der Waals surface area (Å²) < 4.78 is 0.973. The molecule has 1 aliphatic rings. The molecule has 3 rings (SSSR count). The maximum Gasteiger partial charge on any atom is 0.283 e. The van der Waals surface area contributed by atoms with E-state index in [2.05, 4.69) is 15.9 Å². The molecule has 0 aliphatic carbocycles. The highest BCUT2D eigenvalue weighted by molar-refractivity contribution is 9.10. The smallest absolute Gasteiger partial charge is 0.283 e. The summed E-state index contributed by atoms with van der Waals surface area (Å²) in [7, 11) is 0. The van der Waals surface area contributed by atoms with E-state index in [1.807, 2.05) is 25.1 Å². The maximum atomic E-state index is 12.5. The number of carbonyl (C=O) groups excluding carboxylic acids is 2. The van der Waals surface area contributed by atoms with Crippen molar-refractivity contribution in [2.45, 2.75) is 30.1 Å². The van der Waals surface area contributed by atoms with Gasteiger partial charge in [-0.2, -0.15) is 0 Å². The molecular weight excluding hydrogens is 494 g/mol. The van der Waals surface area contributed by atoms with Crippen LogP contribution < -0.4 is 0 Å². The lowest BCUT2D eigenvalue weighted by Crippen LogP contribution is -2.49. The Bertz CT molecular complexity index is 1070. The highest BCUT2D eigenvalue weighted by atomic mass is 79.9. The molecule has 1 heterocycles. The van der Waals surface area contributed by atoms with Gasteiger partial charge < -0.3 is 9.80 Å². The van der Waals surface area contributed by atoms with Crippen molar-refractivity contribution in [3.8, 4) is 0 Å². The third-order valence-corrected chi connectivity index (χ3v) is 6.93. The monoisotopic (exact) mass is 517 g/mol. The van der Waals surface area contributed by atoms with Gasteiger partial charge in [-0.25, -0.2) is 0 Å². The Kier molecular flexibility index (Phi) is 8.09. The van der Waals surface area contributed by atoms with E-state index in [9.17, 15) is 19.7 Å². The van der Waals surface area contributed by atoms with Crippen molar-refractivity contribution in [3.05, 3.63) is 68.2 Å². The molecule has 1 aliphatic heterocycles. The number of hydrogen-bond acceptors (Lipinski definition) is 5. The van der Waals surface area contributed by atoms with Gasteiger partial charge in [0, 0.05) is 54.6 Å². The van der Waals surface area contributed by atoms with Gasteiger partial charge in [0.1, 0.15) is 0 Å². The minimum Gasteiger partial charge on any atom is -0.339 e. The SMILES string of the molecule is CCc1cc(Br)ccc1Sc1ccc(/C=C/C(=O)N2CCN(C(C)=O)CC2)cc1[N+](=O)[O-]. The van der Waals surface area contributed by atoms with E-state index in [-0.39, 0.29) is 17.5 Å². The Morgan fingerprint density at radius 3 is 2.38 bits per heavy atom. The Labute approximate surface area is 199 Å². The Morgan fingerprint density at radius 1 is 1.09 bits per heavy atom. The number of halogens is 1. The first-order valence-electron chi connectivity index (χ1n) is 10.3. The lowest BCUT2D eigenvalue weighted by Gasteiger charge is -2.33. The molecule has 0 N–H and O–H groups in total. The number of hydrogen-bond donors (Lipinski definition) is 0. The van der Waals surface area contributed by atoms with E-state index in [4.69, 9.17) is 0 Å². The molecule has 2 amide bonds. The summed E-state index contributed by atoms with van der Waals surface area (Å²) in [6, 6.07) is 10.9. The van der Waals surface area contributed by atoms with Crippen LogP contribution in [0.25, 0.3) is 6.08 Å². The van der Waals surface area contributed by atoms with Crippen molar-refractivity contribution in [1.29, 1.82) is 0 Å². The quantitative estimate of drug-likeness (QED) is 0.313. The Balaban J connectivity index is 1.74. The van der Waals surface area contributed by atoms with E-state index in [1.165, 1.54) is 30.8 Å². The lowest BCUT2D eigenvalue weighted by atomic mass is 10.2. The van der Waals surface area contributed by atoms with E-state index in [0.717, 1.165) is 21.4 Å². The first kappa shape index (κ1) is 24.0. The van der Waals surface area contributed by atoms with Crippen LogP contribution in [0.15, 0.2) is 56.7 Å². The van der Waals surface area contributed by atoms with E-state index < -0.39 is 4.92 Å². The van der Waals surface area contributed by atoms with Crippen molar-refractivity contribution >= 4 is 51.3 Å². The van der Waals surface area contributed by atoms with Crippen molar-refractivity contribution in [2.75, 3.05) is 26.2 Å². The van der Waals surface area contributed by atoms with Crippen LogP contribution >= 0.6 is 27.7 Å². The predicted molar refractivity (Wildman–Crippen MR) is 129 cm³/mol. The second-order valence-electron chi connectivity index (χ2n) is 7.36. The fourth-order valence-electron chi connectivity index (χ4n) is 3.42. The summed E-state index contributed by atoms with van der Waals surface area (Å²) in [6.45, 7) is 5.55. The van der Waals surface area contributed by atoms with Crippen LogP contribution in [0.3, 0.4) is 0 Å². The summed E-state index contributed by atoms with van der Waals surface area (Å²) in [5, 5.41) is 11.7. The largest absolute Gasteiger partial charge is 0.339 e. The Hall–Kier alpha value is -2.65. The molecule has 0 unspecified atom stereocenters. The van der Waals surface area contributed by atoms with Crippen LogP contribution in [0.1, 0.15) is 25.0 Å². The number of nitrogens with zero attached hydrogens (tertiary/aromatic N) is 3. The van der Waals surface area contributed by atoms with Gasteiger partial charge in [0.25, 0.3) is 5.69 Å². The Morgan fingerprint density at radius 2 is 1.75 bits per heavy atom. The first-order valence-corrected chi connectivity index (χ1v) is 11.9. The van der Waals surface area contributed by atoms with Gasteiger partial charge in [-0.3, -0.25) is 19.7 Å². The summed E-state index contributed by atoms with van der Waals surface area (Å²) in [4.78, 5) is 40.1. The molecule has 1 fully saturated rings. The molecule has 7 nitrogen and oxygen atoms in total. The van der Waals surface area contributed by atoms with E-state index in [0.29, 0.717) is 36.6 Å². The van der Waals surface area contributed by atoms with Crippen molar-refractivity contribution < 1.29 is 14.5 Å². The zero-order valence-electron chi connectivity index (χ0n) is 17.9. The number of rotatable bonds is 6. The molecule has 168 valence electrons. The van der Waals surface area contributed by atoms with Crippen LogP contribution in [-0.2, 0) is 16.0 Å². The molecule has 0 bridgehead atoms. The molecular formula is C23H24BrN3O4S. The zero-order chi connectivity index (χ0) is 23.3. The standard InChI is InChI=1S/C23H24BrN3O4S/c1-3-18-15-19(24)6-8-21(18)32-22-7-4-17(14-20(22)27(30)31)5-9-23(29)26-12-10-25(11-13-26)16(2)28/h4-9,14-15H,3,10-13H2,1-2H3/b9-5+. The highest BCUT2D eigenvalue weighted by Crippen LogP contribution is 2.38. The molecule has 2 aromatic carbocycles. The number of amides is 2. The van der Waals surface area contributed by atoms with Crippen molar-refractivity contribution in [2.24, 2.45) is 0 Å². The molecule has 9 heteroatoms. The fraction of sp³-hybridized carbons (Fsp3) is 0.304. The van der Waals surface area contributed by atoms with Gasteiger partial charge >= 0.3 is 0 Å². The van der Waals surface area contributed by atoms with Gasteiger partial charge in [0.05, 0.1) is 9.82 Å². The van der Waals surface area contributed by atoms with E-state index in [1.54, 1.807) is 28.0 Å². The molecule has 2 aromatic rings. The average Bonchev–Trinajstić information content (AvgIpc) is 2.79. The molecule has 1 saturated heterocycles. The zero-order valence-corrected chi connectivity index (χ0v) is 20.3. The van der Waals surface area contributed by atoms with Crippen LogP contribution in [-0.4, -0.2) is 52.7 Å². The summed E-state index contributed by atoms with van der Waals surface area (Å²) in [5.74, 6) is -0.163. The molecule has 32 heavy (non-hydrogen) atoms. The van der Waals surface area contributed by atoms with Gasteiger partial charge in [-0.15, -0.1) is 0 Å². The summed E-state index contributed by atoms with van der Waals surface area (Å²) >= 11 is 4.83. The van der Waals surface area contributed by atoms with Crippen LogP contribution in [0, 0.1) is 10.1 Å². The number of benzene rings is 2. The number of nitro groups is 1. The molecule has 0 aromatic heterocycles. The topological polar surface area (TPSA) is 83.8 Å². The maximum absolute atomic E-state index is 12.5. The van der Waals surface area contributed by atoms with Gasteiger partial charge in [-0.1, -0.05) is 40.7 Å². The lowest BCUT2D eigenvalue weighted by molar-refractivity contribution is -0.387. The van der Waals surface area contributed by atoms with Gasteiger partial charge in [0.15, 0.2) is 0 Å². The highest BCUT2D eigenvalue weighted by Gasteiger charge is 2.21. The van der Waals surface area contributed by atoms with Crippen LogP contribution in [0.5, 0.6) is 0 Å². The molecule has 0 atom stereocenters. The molecule has 0 saturated carbocycles. The van der Waals surface area contributed by atoms with E-state index >= 15 is 0 Å². The second-order valence-corrected chi connectivity index (χ2v) is 9.36. The summed E-state index contributed by atoms with van der Waals surface area (Å²) in [6.07, 6.45) is 3.84. The summed E-state index contributed by atoms with van der Waals surface area (Å²) in [5.41, 5.74) is 1.70. The van der Waals surface area contributed by atoms with Crippen LogP contribution in [0.2, 0.25) is 0 Å². The van der Waals surface area contributed by atoms with Crippen molar-refractivity contribution in [3.63, 3.8) is 0 Å². The van der Waals surface area contributed by atoms with Gasteiger partial charge in [-0.05, 0) is 47.9 Å². The molecule has 0 radical (unpaired) electrons. The van der Waals surface area contributed by atoms with Crippen molar-refractivity contribution in [1.82, 2.24) is 9.80 Å². The number of carbonyl (C=O) groups is 2. The minimum absolute atomic E-state index is 0.00430. The average molecular weight is 518 g/mol. The molecule has 0 spiro atoms. The van der Waals surface area contributed by atoms with Crippen LogP contribution in [0.4, 0.5) is 5.69 Å². The third kappa shape index (κ3) is 5.98. The first-order chi connectivity index (χ1) is 15.3. The predicted octanol–water partition coefficient (Wildman–Crippen LogP) is 4.77. The number of nitro benzene ring substituents is 1. The number of aryl methyl sites for hydroxylation is 1. The minimum atomic E-state index is -0.396. The normalized spacial score (nSPS) is 14.1. The second kappa shape index (κ2) is 10.8. The van der Waals surface area contributed by atoms with Gasteiger partial charge in [0.2, 0.25) is 11.8 Å².